The van der Waals surface area contributed by atoms with Gasteiger partial charge in [-0.3, -0.25) is 4.99 Å². The SMILES string of the molecule is CCCCCCNC(=NC)N(C)CCC1CCOCC1. The summed E-state index contributed by atoms with van der Waals surface area (Å²) < 4.78 is 5.41. The van der Waals surface area contributed by atoms with Crippen LogP contribution in [-0.2, 0) is 4.74 Å². The summed E-state index contributed by atoms with van der Waals surface area (Å²) in [6, 6.07) is 0. The number of ether oxygens (including phenoxy) is 1. The Labute approximate surface area is 125 Å². The van der Waals surface area contributed by atoms with Gasteiger partial charge < -0.3 is 15.0 Å². The number of hydrogen-bond acceptors (Lipinski definition) is 2. The molecule has 118 valence electrons. The molecular formula is C16H33N3O. The molecule has 0 unspecified atom stereocenters. The van der Waals surface area contributed by atoms with Gasteiger partial charge in [0.1, 0.15) is 0 Å². The van der Waals surface area contributed by atoms with E-state index >= 15 is 0 Å². The lowest BCUT2D eigenvalue weighted by atomic mass is 9.96. The van der Waals surface area contributed by atoms with Gasteiger partial charge in [-0.1, -0.05) is 26.2 Å². The highest BCUT2D eigenvalue weighted by Crippen LogP contribution is 2.18. The monoisotopic (exact) mass is 283 g/mol. The van der Waals surface area contributed by atoms with Crippen molar-refractivity contribution in [2.75, 3.05) is 40.4 Å². The topological polar surface area (TPSA) is 36.9 Å². The van der Waals surface area contributed by atoms with E-state index in [4.69, 9.17) is 4.74 Å². The fraction of sp³-hybridized carbons (Fsp3) is 0.938. The van der Waals surface area contributed by atoms with Crippen LogP contribution < -0.4 is 5.32 Å². The molecular weight excluding hydrogens is 250 g/mol. The van der Waals surface area contributed by atoms with Crippen molar-refractivity contribution in [2.24, 2.45) is 10.9 Å². The fourth-order valence-electron chi connectivity index (χ4n) is 2.65. The summed E-state index contributed by atoms with van der Waals surface area (Å²) in [6.07, 6.45) is 8.86. The van der Waals surface area contributed by atoms with E-state index in [1.54, 1.807) is 0 Å². The van der Waals surface area contributed by atoms with Crippen molar-refractivity contribution < 1.29 is 4.74 Å². The standard InChI is InChI=1S/C16H33N3O/c1-4-5-6-7-11-18-16(17-2)19(3)12-8-15-9-13-20-14-10-15/h15H,4-14H2,1-3H3,(H,17,18). The lowest BCUT2D eigenvalue weighted by Gasteiger charge is -2.26. The Balaban J connectivity index is 2.15. The van der Waals surface area contributed by atoms with Gasteiger partial charge in [-0.05, 0) is 31.6 Å². The predicted octanol–water partition coefficient (Wildman–Crippen LogP) is 2.89. The highest BCUT2D eigenvalue weighted by Gasteiger charge is 2.15. The maximum atomic E-state index is 5.41. The third kappa shape index (κ3) is 7.13. The normalized spacial score (nSPS) is 17.2. The average Bonchev–Trinajstić information content (AvgIpc) is 2.49. The number of nitrogens with zero attached hydrogens (tertiary/aromatic N) is 2. The first-order valence-corrected chi connectivity index (χ1v) is 8.27. The van der Waals surface area contributed by atoms with Crippen molar-refractivity contribution in [3.63, 3.8) is 0 Å². The van der Waals surface area contributed by atoms with Crippen molar-refractivity contribution in [3.05, 3.63) is 0 Å². The minimum Gasteiger partial charge on any atom is -0.381 e. The maximum Gasteiger partial charge on any atom is 0.193 e. The first-order chi connectivity index (χ1) is 9.77. The van der Waals surface area contributed by atoms with Gasteiger partial charge in [0.15, 0.2) is 5.96 Å². The number of unbranched alkanes of at least 4 members (excludes halogenated alkanes) is 3. The molecule has 1 N–H and O–H groups in total. The molecule has 4 heteroatoms. The second kappa shape index (κ2) is 11.0. The van der Waals surface area contributed by atoms with Crippen molar-refractivity contribution in [2.45, 2.75) is 51.9 Å². The van der Waals surface area contributed by atoms with Crippen molar-refractivity contribution >= 4 is 5.96 Å². The lowest BCUT2D eigenvalue weighted by molar-refractivity contribution is 0.0625. The third-order valence-corrected chi connectivity index (χ3v) is 4.10. The summed E-state index contributed by atoms with van der Waals surface area (Å²) in [4.78, 5) is 6.64. The van der Waals surface area contributed by atoms with E-state index in [1.807, 2.05) is 7.05 Å². The number of nitrogens with one attached hydrogen (secondary N) is 1. The fourth-order valence-corrected chi connectivity index (χ4v) is 2.65. The summed E-state index contributed by atoms with van der Waals surface area (Å²) in [5.74, 6) is 1.86. The second-order valence-electron chi connectivity index (χ2n) is 5.80. The molecule has 0 aromatic heterocycles. The summed E-state index contributed by atoms with van der Waals surface area (Å²) >= 11 is 0. The van der Waals surface area contributed by atoms with Gasteiger partial charge in [0, 0.05) is 40.4 Å². The second-order valence-corrected chi connectivity index (χ2v) is 5.80. The molecule has 0 atom stereocenters. The van der Waals surface area contributed by atoms with Crippen LogP contribution in [-0.4, -0.2) is 51.3 Å². The number of guanidine groups is 1. The Kier molecular flexibility index (Phi) is 9.46. The molecule has 1 rings (SSSR count). The first kappa shape index (κ1) is 17.3. The van der Waals surface area contributed by atoms with Crippen LogP contribution in [0, 0.1) is 5.92 Å². The minimum absolute atomic E-state index is 0.828. The molecule has 0 saturated carbocycles. The van der Waals surface area contributed by atoms with E-state index in [-0.39, 0.29) is 0 Å². The Morgan fingerprint density at radius 1 is 1.25 bits per heavy atom. The van der Waals surface area contributed by atoms with Crippen LogP contribution in [0.4, 0.5) is 0 Å². The Morgan fingerprint density at radius 3 is 2.65 bits per heavy atom. The quantitative estimate of drug-likeness (QED) is 0.423. The highest BCUT2D eigenvalue weighted by molar-refractivity contribution is 5.79. The predicted molar refractivity (Wildman–Crippen MR) is 86.3 cm³/mol. The van der Waals surface area contributed by atoms with Gasteiger partial charge in [-0.15, -0.1) is 0 Å². The Bertz CT molecular complexity index is 262. The summed E-state index contributed by atoms with van der Waals surface area (Å²) in [7, 11) is 4.01. The number of hydrogen-bond donors (Lipinski definition) is 1. The summed E-state index contributed by atoms with van der Waals surface area (Å²) in [5, 5.41) is 3.47. The van der Waals surface area contributed by atoms with E-state index in [1.165, 1.54) is 44.9 Å². The van der Waals surface area contributed by atoms with Crippen molar-refractivity contribution in [1.29, 1.82) is 0 Å². The van der Waals surface area contributed by atoms with Gasteiger partial charge in [0.2, 0.25) is 0 Å². The molecule has 1 heterocycles. The van der Waals surface area contributed by atoms with Crippen LogP contribution in [0.2, 0.25) is 0 Å². The molecule has 0 aromatic carbocycles. The van der Waals surface area contributed by atoms with Crippen molar-refractivity contribution in [1.82, 2.24) is 10.2 Å². The molecule has 1 saturated heterocycles. The van der Waals surface area contributed by atoms with Gasteiger partial charge in [0.05, 0.1) is 0 Å². The smallest absolute Gasteiger partial charge is 0.193 e. The van der Waals surface area contributed by atoms with Crippen LogP contribution in [0.5, 0.6) is 0 Å². The molecule has 1 fully saturated rings. The van der Waals surface area contributed by atoms with Crippen LogP contribution in [0.1, 0.15) is 51.9 Å². The van der Waals surface area contributed by atoms with E-state index in [2.05, 4.69) is 29.2 Å². The van der Waals surface area contributed by atoms with Crippen LogP contribution in [0.15, 0.2) is 4.99 Å². The zero-order valence-electron chi connectivity index (χ0n) is 13.7. The van der Waals surface area contributed by atoms with Gasteiger partial charge in [-0.25, -0.2) is 0 Å². The van der Waals surface area contributed by atoms with Gasteiger partial charge >= 0.3 is 0 Å². The lowest BCUT2D eigenvalue weighted by Crippen LogP contribution is -2.40. The molecule has 1 aliphatic rings. The molecule has 4 nitrogen and oxygen atoms in total. The largest absolute Gasteiger partial charge is 0.381 e. The first-order valence-electron chi connectivity index (χ1n) is 8.27. The van der Waals surface area contributed by atoms with Gasteiger partial charge in [0.25, 0.3) is 0 Å². The Morgan fingerprint density at radius 2 is 2.00 bits per heavy atom. The molecule has 0 radical (unpaired) electrons. The molecule has 0 amide bonds. The summed E-state index contributed by atoms with van der Waals surface area (Å²) in [5.41, 5.74) is 0. The van der Waals surface area contributed by atoms with E-state index in [9.17, 15) is 0 Å². The van der Waals surface area contributed by atoms with Crippen molar-refractivity contribution in [3.8, 4) is 0 Å². The molecule has 0 bridgehead atoms. The summed E-state index contributed by atoms with van der Waals surface area (Å²) in [6.45, 7) is 6.25. The zero-order chi connectivity index (χ0) is 14.6. The van der Waals surface area contributed by atoms with E-state index in [0.717, 1.165) is 38.2 Å². The molecule has 0 spiro atoms. The Hall–Kier alpha value is -0.770. The third-order valence-electron chi connectivity index (χ3n) is 4.10. The highest BCUT2D eigenvalue weighted by atomic mass is 16.5. The molecule has 20 heavy (non-hydrogen) atoms. The molecule has 1 aliphatic heterocycles. The molecule has 0 aliphatic carbocycles. The zero-order valence-corrected chi connectivity index (χ0v) is 13.7. The average molecular weight is 283 g/mol. The number of rotatable bonds is 8. The number of aliphatic imine (C=N–C) groups is 1. The minimum atomic E-state index is 0.828. The van der Waals surface area contributed by atoms with Crippen LogP contribution in [0.25, 0.3) is 0 Å². The van der Waals surface area contributed by atoms with Gasteiger partial charge in [-0.2, -0.15) is 0 Å². The van der Waals surface area contributed by atoms with E-state index < -0.39 is 0 Å². The maximum absolute atomic E-state index is 5.41. The van der Waals surface area contributed by atoms with Crippen LogP contribution in [0.3, 0.4) is 0 Å². The van der Waals surface area contributed by atoms with Crippen LogP contribution >= 0.6 is 0 Å². The van der Waals surface area contributed by atoms with E-state index in [0.29, 0.717) is 0 Å². The molecule has 0 aromatic rings.